The predicted molar refractivity (Wildman–Crippen MR) is 101 cm³/mol. The molecule has 1 aliphatic carbocycles. The Kier molecular flexibility index (Phi) is 10.6. The van der Waals surface area contributed by atoms with E-state index in [1.807, 2.05) is 0 Å². The lowest BCUT2D eigenvalue weighted by atomic mass is 9.82. The van der Waals surface area contributed by atoms with Gasteiger partial charge >= 0.3 is 0 Å². The van der Waals surface area contributed by atoms with Crippen LogP contribution in [0.5, 0.6) is 0 Å². The molecule has 1 aliphatic rings. The minimum absolute atomic E-state index is 0.0843. The Morgan fingerprint density at radius 1 is 1.21 bits per heavy atom. The summed E-state index contributed by atoms with van der Waals surface area (Å²) in [6, 6.07) is -0.203. The number of carbonyl (C=O) groups excluding carboxylic acids is 1. The fourth-order valence-corrected chi connectivity index (χ4v) is 3.84. The van der Waals surface area contributed by atoms with Gasteiger partial charge in [-0.2, -0.15) is 0 Å². The summed E-state index contributed by atoms with van der Waals surface area (Å²) in [6.07, 6.45) is 10.1. The molecule has 0 spiro atoms. The van der Waals surface area contributed by atoms with E-state index in [0.717, 1.165) is 32.2 Å². The van der Waals surface area contributed by atoms with Crippen molar-refractivity contribution < 1.29 is 9.90 Å². The number of hydrogen-bond acceptors (Lipinski definition) is 3. The van der Waals surface area contributed by atoms with E-state index < -0.39 is 6.10 Å². The highest BCUT2D eigenvalue weighted by molar-refractivity contribution is 5.78. The number of hydrogen-bond donors (Lipinski definition) is 3. The van der Waals surface area contributed by atoms with Gasteiger partial charge in [-0.15, -0.1) is 0 Å². The lowest BCUT2D eigenvalue weighted by molar-refractivity contribution is -0.126. The third-order valence-electron chi connectivity index (χ3n) is 5.31. The number of aliphatic hydroxyl groups excluding tert-OH is 1. The summed E-state index contributed by atoms with van der Waals surface area (Å²) in [5, 5.41) is 13.6. The molecule has 0 aromatic heterocycles. The number of nitrogens with one attached hydrogen (secondary N) is 1. The second-order valence-corrected chi connectivity index (χ2v) is 8.18. The van der Waals surface area contributed by atoms with Gasteiger partial charge in [0.2, 0.25) is 5.91 Å². The van der Waals surface area contributed by atoms with Gasteiger partial charge in [-0.3, -0.25) is 4.79 Å². The summed E-state index contributed by atoms with van der Waals surface area (Å²) >= 11 is 0. The fraction of sp³-hybridized carbons (Fsp3) is 0.950. The molecule has 4 heteroatoms. The van der Waals surface area contributed by atoms with Crippen molar-refractivity contribution in [3.63, 3.8) is 0 Å². The van der Waals surface area contributed by atoms with Gasteiger partial charge in [0.15, 0.2) is 0 Å². The molecular formula is C20H40N2O2. The third kappa shape index (κ3) is 8.48. The minimum Gasteiger partial charge on any atom is -0.391 e. The van der Waals surface area contributed by atoms with Crippen LogP contribution in [0.25, 0.3) is 0 Å². The van der Waals surface area contributed by atoms with Crippen LogP contribution in [0.15, 0.2) is 0 Å². The smallest absolute Gasteiger partial charge is 0.223 e. The Bertz CT molecular complexity index is 341. The molecule has 0 saturated heterocycles. The summed E-state index contributed by atoms with van der Waals surface area (Å²) in [7, 11) is 0. The molecule has 4 N–H and O–H groups in total. The Morgan fingerprint density at radius 2 is 1.88 bits per heavy atom. The van der Waals surface area contributed by atoms with Gasteiger partial charge in [0.1, 0.15) is 0 Å². The first-order chi connectivity index (χ1) is 11.4. The summed E-state index contributed by atoms with van der Waals surface area (Å²) in [5.41, 5.74) is 6.27. The molecule has 1 amide bonds. The van der Waals surface area contributed by atoms with Crippen LogP contribution in [0.4, 0.5) is 0 Å². The van der Waals surface area contributed by atoms with Crippen molar-refractivity contribution in [2.45, 2.75) is 97.1 Å². The maximum atomic E-state index is 12.4. The van der Waals surface area contributed by atoms with Crippen molar-refractivity contribution in [3.8, 4) is 0 Å². The van der Waals surface area contributed by atoms with Gasteiger partial charge < -0.3 is 16.2 Å². The van der Waals surface area contributed by atoms with E-state index >= 15 is 0 Å². The van der Waals surface area contributed by atoms with Crippen LogP contribution < -0.4 is 11.1 Å². The average Bonchev–Trinajstić information content (AvgIpc) is 2.54. The van der Waals surface area contributed by atoms with Crippen molar-refractivity contribution in [2.75, 3.05) is 6.54 Å². The van der Waals surface area contributed by atoms with E-state index in [0.29, 0.717) is 18.3 Å². The monoisotopic (exact) mass is 340 g/mol. The largest absolute Gasteiger partial charge is 0.391 e. The van der Waals surface area contributed by atoms with E-state index in [-0.39, 0.29) is 17.9 Å². The topological polar surface area (TPSA) is 75.3 Å². The first kappa shape index (κ1) is 21.4. The maximum absolute atomic E-state index is 12.4. The molecule has 0 aliphatic heterocycles. The van der Waals surface area contributed by atoms with Crippen molar-refractivity contribution in [3.05, 3.63) is 0 Å². The zero-order chi connectivity index (χ0) is 17.9. The first-order valence-electron chi connectivity index (χ1n) is 10.1. The molecule has 1 saturated carbocycles. The van der Waals surface area contributed by atoms with Gasteiger partial charge in [0.25, 0.3) is 0 Å². The quantitative estimate of drug-likeness (QED) is 0.503. The highest BCUT2D eigenvalue weighted by Crippen LogP contribution is 2.28. The Balaban J connectivity index is 2.48. The van der Waals surface area contributed by atoms with Crippen molar-refractivity contribution >= 4 is 5.91 Å². The molecular weight excluding hydrogens is 300 g/mol. The molecule has 0 aromatic carbocycles. The summed E-state index contributed by atoms with van der Waals surface area (Å²) in [5.74, 6) is 1.05. The molecule has 0 bridgehead atoms. The lowest BCUT2D eigenvalue weighted by Gasteiger charge is -2.29. The third-order valence-corrected chi connectivity index (χ3v) is 5.31. The van der Waals surface area contributed by atoms with Gasteiger partial charge in [-0.25, -0.2) is 0 Å². The van der Waals surface area contributed by atoms with Gasteiger partial charge in [0, 0.05) is 18.5 Å². The zero-order valence-corrected chi connectivity index (χ0v) is 16.1. The second-order valence-electron chi connectivity index (χ2n) is 8.18. The van der Waals surface area contributed by atoms with E-state index in [1.165, 1.54) is 32.1 Å². The predicted octanol–water partition coefficient (Wildman–Crippen LogP) is 3.61. The molecule has 3 atom stereocenters. The van der Waals surface area contributed by atoms with Crippen LogP contribution in [0.1, 0.15) is 85.0 Å². The summed E-state index contributed by atoms with van der Waals surface area (Å²) in [6.45, 7) is 7.10. The van der Waals surface area contributed by atoms with Gasteiger partial charge in [-0.05, 0) is 37.5 Å². The van der Waals surface area contributed by atoms with Crippen molar-refractivity contribution in [1.29, 1.82) is 0 Å². The number of aliphatic hydroxyl groups is 1. The summed E-state index contributed by atoms with van der Waals surface area (Å²) in [4.78, 5) is 12.4. The first-order valence-corrected chi connectivity index (χ1v) is 10.1. The van der Waals surface area contributed by atoms with Gasteiger partial charge in [0.05, 0.1) is 6.10 Å². The average molecular weight is 341 g/mol. The molecule has 142 valence electrons. The van der Waals surface area contributed by atoms with Crippen LogP contribution >= 0.6 is 0 Å². The van der Waals surface area contributed by atoms with E-state index in [2.05, 4.69) is 26.1 Å². The minimum atomic E-state index is -0.576. The fourth-order valence-electron chi connectivity index (χ4n) is 3.84. The highest BCUT2D eigenvalue weighted by Gasteiger charge is 2.27. The second kappa shape index (κ2) is 11.9. The lowest BCUT2D eigenvalue weighted by Crippen LogP contribution is -2.41. The molecule has 1 fully saturated rings. The standard InChI is InChI=1S/C20H40N2O2/c1-4-5-11-22-20(24)17(12-15(2)3)14-19(23)18(21)13-16-9-7-6-8-10-16/h15-19,23H,4-14,21H2,1-3H3,(H,22,24)/t17-,18+,19+/m1/s1. The number of nitrogens with two attached hydrogens (primary N) is 1. The molecule has 0 unspecified atom stereocenters. The van der Waals surface area contributed by atoms with Crippen molar-refractivity contribution in [2.24, 2.45) is 23.5 Å². The van der Waals surface area contributed by atoms with Crippen LogP contribution in [-0.2, 0) is 4.79 Å². The molecule has 24 heavy (non-hydrogen) atoms. The highest BCUT2D eigenvalue weighted by atomic mass is 16.3. The molecule has 0 aromatic rings. The van der Waals surface area contributed by atoms with Crippen LogP contribution in [0.2, 0.25) is 0 Å². The van der Waals surface area contributed by atoms with Crippen LogP contribution in [0.3, 0.4) is 0 Å². The Hall–Kier alpha value is -0.610. The zero-order valence-electron chi connectivity index (χ0n) is 16.1. The van der Waals surface area contributed by atoms with E-state index in [9.17, 15) is 9.90 Å². The van der Waals surface area contributed by atoms with E-state index in [4.69, 9.17) is 5.73 Å². The van der Waals surface area contributed by atoms with Gasteiger partial charge in [-0.1, -0.05) is 59.3 Å². The Morgan fingerprint density at radius 3 is 2.46 bits per heavy atom. The number of amides is 1. The summed E-state index contributed by atoms with van der Waals surface area (Å²) < 4.78 is 0. The molecule has 1 rings (SSSR count). The molecule has 0 radical (unpaired) electrons. The molecule has 4 nitrogen and oxygen atoms in total. The normalized spacial score (nSPS) is 19.9. The SMILES string of the molecule is CCCCNC(=O)[C@H](CC(C)C)C[C@H](O)[C@@H](N)CC1CCCCC1. The number of carbonyl (C=O) groups is 1. The van der Waals surface area contributed by atoms with Crippen molar-refractivity contribution in [1.82, 2.24) is 5.32 Å². The number of unbranched alkanes of at least 4 members (excludes halogenated alkanes) is 1. The van der Waals surface area contributed by atoms with Crippen LogP contribution in [-0.4, -0.2) is 29.7 Å². The molecule has 0 heterocycles. The maximum Gasteiger partial charge on any atom is 0.223 e. The van der Waals surface area contributed by atoms with Crippen LogP contribution in [0, 0.1) is 17.8 Å². The van der Waals surface area contributed by atoms with E-state index in [1.54, 1.807) is 0 Å². The Labute approximate surface area is 149 Å². The number of rotatable bonds is 11.